The van der Waals surface area contributed by atoms with Crippen LogP contribution in [0.15, 0.2) is 11.6 Å². The topological polar surface area (TPSA) is 215 Å². The van der Waals surface area contributed by atoms with E-state index in [0.717, 1.165) is 45.1 Å². The summed E-state index contributed by atoms with van der Waals surface area (Å²) in [4.78, 5) is 0. The highest BCUT2D eigenvalue weighted by molar-refractivity contribution is 5.26. The van der Waals surface area contributed by atoms with E-state index in [1.54, 1.807) is 0 Å². The fourth-order valence-electron chi connectivity index (χ4n) is 13.7. The maximum atomic E-state index is 11.8. The summed E-state index contributed by atoms with van der Waals surface area (Å²) >= 11 is 0. The number of aliphatic hydroxyl groups excluding tert-OH is 7. The molecule has 0 amide bonds. The van der Waals surface area contributed by atoms with Gasteiger partial charge in [0, 0.05) is 12.3 Å². The third kappa shape index (κ3) is 7.13. The van der Waals surface area contributed by atoms with Crippen molar-refractivity contribution in [3.8, 4) is 0 Å². The first-order valence-electron chi connectivity index (χ1n) is 22.6. The van der Waals surface area contributed by atoms with E-state index in [1.165, 1.54) is 32.3 Å². The summed E-state index contributed by atoms with van der Waals surface area (Å²) in [6.45, 7) is 13.3. The van der Waals surface area contributed by atoms with Gasteiger partial charge in [-0.05, 0) is 106 Å². The smallest absolute Gasteiger partial charge is 0.187 e. The highest BCUT2D eigenvalue weighted by Gasteiger charge is 2.69. The van der Waals surface area contributed by atoms with Crippen molar-refractivity contribution >= 4 is 0 Å². The van der Waals surface area contributed by atoms with Crippen LogP contribution in [-0.4, -0.2) is 153 Å². The second-order valence-electron chi connectivity index (χ2n) is 20.6. The zero-order valence-electron chi connectivity index (χ0n) is 35.5. The van der Waals surface area contributed by atoms with Crippen molar-refractivity contribution in [2.45, 2.75) is 203 Å². The minimum absolute atomic E-state index is 0.0309. The number of hydrogen-bond donors (Lipinski definition) is 7. The molecule has 0 bridgehead atoms. The van der Waals surface area contributed by atoms with Gasteiger partial charge in [-0.15, -0.1) is 0 Å². The zero-order valence-corrected chi connectivity index (χ0v) is 35.5. The van der Waals surface area contributed by atoms with Crippen LogP contribution < -0.4 is 0 Å². The van der Waals surface area contributed by atoms with Gasteiger partial charge in [-0.2, -0.15) is 0 Å². The molecule has 5 aliphatic heterocycles. The number of allylic oxidation sites excluding steroid dienone is 1. The Morgan fingerprint density at radius 2 is 1.36 bits per heavy atom. The van der Waals surface area contributed by atoms with Crippen LogP contribution in [0.3, 0.4) is 0 Å². The monoisotopic (exact) mass is 838 g/mol. The van der Waals surface area contributed by atoms with Gasteiger partial charge in [-0.3, -0.25) is 0 Å². The average Bonchev–Trinajstić information content (AvgIpc) is 3.66. The van der Waals surface area contributed by atoms with E-state index in [-0.39, 0.29) is 29.6 Å². The third-order valence-electron chi connectivity index (χ3n) is 17.3. The molecular formula is C44H70O15. The van der Waals surface area contributed by atoms with Crippen molar-refractivity contribution < 1.29 is 73.6 Å². The Labute approximate surface area is 347 Å². The SMILES string of the molecule is C[C@@H]1CC[C@@]2(OC1)O[C@H]1C[C@H]3[C@@H]4CC=C5C[C@@H](O[C@@H]6OC[C@H](O[C@@H]7O[C@@H](C)[C@H](O)[C@@H](O)[C@H]7O)[C@H](O)[C@H]6O[C@@H]6O[C@@H](C)[C@H](O)[C@@H](O)[C@H]6O)CC[C@]5(C)[C@H]4CC[C@]3(C)[C@H]1[C@@H]2C. The molecule has 4 aliphatic carbocycles. The first-order chi connectivity index (χ1) is 28.0. The lowest BCUT2D eigenvalue weighted by Gasteiger charge is -2.58. The number of hydrogen-bond acceptors (Lipinski definition) is 15. The molecule has 336 valence electrons. The largest absolute Gasteiger partial charge is 0.388 e. The summed E-state index contributed by atoms with van der Waals surface area (Å²) in [7, 11) is 0. The molecule has 5 saturated heterocycles. The highest BCUT2D eigenvalue weighted by atomic mass is 16.8. The number of rotatable bonds is 6. The minimum Gasteiger partial charge on any atom is -0.388 e. The van der Waals surface area contributed by atoms with E-state index in [4.69, 9.17) is 37.9 Å². The van der Waals surface area contributed by atoms with Gasteiger partial charge < -0.3 is 73.6 Å². The molecule has 5 heterocycles. The van der Waals surface area contributed by atoms with Crippen LogP contribution in [0.25, 0.3) is 0 Å². The van der Waals surface area contributed by atoms with Gasteiger partial charge >= 0.3 is 0 Å². The molecule has 9 rings (SSSR count). The van der Waals surface area contributed by atoms with Crippen molar-refractivity contribution in [2.75, 3.05) is 13.2 Å². The summed E-state index contributed by atoms with van der Waals surface area (Å²) in [5, 5.41) is 74.8. The van der Waals surface area contributed by atoms with Gasteiger partial charge in [0.1, 0.15) is 54.9 Å². The molecule has 3 saturated carbocycles. The number of aliphatic hydroxyl groups is 7. The fraction of sp³-hybridized carbons (Fsp3) is 0.955. The van der Waals surface area contributed by atoms with Crippen molar-refractivity contribution in [1.82, 2.24) is 0 Å². The summed E-state index contributed by atoms with van der Waals surface area (Å²) in [5.41, 5.74) is 1.65. The lowest BCUT2D eigenvalue weighted by Crippen LogP contribution is -2.64. The van der Waals surface area contributed by atoms with Crippen LogP contribution >= 0.6 is 0 Å². The second kappa shape index (κ2) is 16.0. The Morgan fingerprint density at radius 3 is 2.02 bits per heavy atom. The second-order valence-corrected chi connectivity index (χ2v) is 20.6. The maximum absolute atomic E-state index is 11.8. The van der Waals surface area contributed by atoms with Gasteiger partial charge in [0.05, 0.1) is 37.6 Å². The van der Waals surface area contributed by atoms with Crippen molar-refractivity contribution in [2.24, 2.45) is 46.3 Å². The lowest BCUT2D eigenvalue weighted by molar-refractivity contribution is -0.375. The van der Waals surface area contributed by atoms with Gasteiger partial charge in [-0.1, -0.05) is 39.3 Å². The molecule has 0 unspecified atom stereocenters. The molecule has 0 aromatic carbocycles. The molecule has 7 N–H and O–H groups in total. The molecule has 15 heteroatoms. The molecule has 15 nitrogen and oxygen atoms in total. The first-order valence-corrected chi connectivity index (χ1v) is 22.6. The Morgan fingerprint density at radius 1 is 0.678 bits per heavy atom. The first kappa shape index (κ1) is 43.4. The lowest BCUT2D eigenvalue weighted by atomic mass is 9.47. The van der Waals surface area contributed by atoms with Crippen LogP contribution in [0, 0.1) is 46.3 Å². The predicted molar refractivity (Wildman–Crippen MR) is 207 cm³/mol. The van der Waals surface area contributed by atoms with Crippen LogP contribution in [0.5, 0.6) is 0 Å². The van der Waals surface area contributed by atoms with Crippen LogP contribution in [0.4, 0.5) is 0 Å². The van der Waals surface area contributed by atoms with Crippen LogP contribution in [0.1, 0.15) is 99.3 Å². The summed E-state index contributed by atoms with van der Waals surface area (Å²) in [6.07, 6.45) is -7.24. The van der Waals surface area contributed by atoms with Gasteiger partial charge in [0.2, 0.25) is 0 Å². The van der Waals surface area contributed by atoms with Crippen molar-refractivity contribution in [3.05, 3.63) is 11.6 Å². The average molecular weight is 839 g/mol. The molecule has 1 spiro atoms. The molecule has 0 aromatic rings. The Kier molecular flexibility index (Phi) is 11.8. The van der Waals surface area contributed by atoms with Crippen molar-refractivity contribution in [3.63, 3.8) is 0 Å². The minimum atomic E-state index is -1.65. The quantitative estimate of drug-likeness (QED) is 0.190. The molecule has 59 heavy (non-hydrogen) atoms. The predicted octanol–water partition coefficient (Wildman–Crippen LogP) is 1.88. The van der Waals surface area contributed by atoms with E-state index in [0.29, 0.717) is 41.9 Å². The normalized spacial score (nSPS) is 58.7. The Balaban J connectivity index is 0.891. The fourth-order valence-corrected chi connectivity index (χ4v) is 13.7. The van der Waals surface area contributed by atoms with E-state index in [2.05, 4.69) is 33.8 Å². The van der Waals surface area contributed by atoms with E-state index >= 15 is 0 Å². The van der Waals surface area contributed by atoms with Gasteiger partial charge in [0.15, 0.2) is 24.7 Å². The Hall–Kier alpha value is -0.860. The summed E-state index contributed by atoms with van der Waals surface area (Å²) in [5.74, 6) is 2.81. The number of ether oxygens (including phenoxy) is 8. The molecule has 25 atom stereocenters. The molecular weight excluding hydrogens is 768 g/mol. The summed E-state index contributed by atoms with van der Waals surface area (Å²) < 4.78 is 49.9. The van der Waals surface area contributed by atoms with Crippen LogP contribution in [0.2, 0.25) is 0 Å². The summed E-state index contributed by atoms with van der Waals surface area (Å²) in [6, 6.07) is 0. The molecule has 0 aromatic heterocycles. The molecule has 0 radical (unpaired) electrons. The highest BCUT2D eigenvalue weighted by Crippen LogP contribution is 2.70. The number of fused-ring (bicyclic) bond motifs is 7. The van der Waals surface area contributed by atoms with E-state index < -0.39 is 91.8 Å². The Bertz CT molecular complexity index is 1540. The molecule has 9 aliphatic rings. The van der Waals surface area contributed by atoms with Gasteiger partial charge in [0.25, 0.3) is 0 Å². The van der Waals surface area contributed by atoms with Gasteiger partial charge in [-0.25, -0.2) is 0 Å². The standard InChI is InChI=1S/C44H70O15/c1-19-9-14-44(53-17-19)20(2)30-28(59-44)16-27-25-8-7-23-15-24(10-12-42(23,5)26(25)11-13-43(27,30)6)56-41-38(58-40-37(51)35(49)32(46)22(4)55-40)33(47)29(18-52-41)57-39-36(50)34(48)31(45)21(3)54-39/h7,19-22,24-41,45-51H,8-18H2,1-6H3/t19-,20+,21+,22+,24+,25-,26+,27+,28+,29+,30+,31+,32+,33+,34-,35-,36-,37-,38-,39+,40+,41+,42+,43+,44-/m1/s1. The van der Waals surface area contributed by atoms with E-state index in [1.807, 2.05) is 0 Å². The van der Waals surface area contributed by atoms with E-state index in [9.17, 15) is 35.7 Å². The van der Waals surface area contributed by atoms with Crippen LogP contribution in [-0.2, 0) is 37.9 Å². The third-order valence-corrected chi connectivity index (χ3v) is 17.3. The molecule has 8 fully saturated rings. The van der Waals surface area contributed by atoms with Crippen molar-refractivity contribution in [1.29, 1.82) is 0 Å². The zero-order chi connectivity index (χ0) is 41.9. The maximum Gasteiger partial charge on any atom is 0.187 e.